The van der Waals surface area contributed by atoms with Crippen molar-refractivity contribution in [2.75, 3.05) is 0 Å². The first kappa shape index (κ1) is 19.9. The molecule has 0 saturated carbocycles. The van der Waals surface area contributed by atoms with Crippen LogP contribution in [0.15, 0.2) is 0 Å². The van der Waals surface area contributed by atoms with Crippen LogP contribution in [0.2, 0.25) is 0 Å². The number of carbonyl (C=O) groups is 1. The van der Waals surface area contributed by atoms with Gasteiger partial charge in [-0.05, 0) is 12.8 Å². The molecule has 0 heterocycles. The van der Waals surface area contributed by atoms with Crippen LogP contribution >= 0.6 is 0 Å². The van der Waals surface area contributed by atoms with Gasteiger partial charge in [-0.3, -0.25) is 14.9 Å². The zero-order chi connectivity index (χ0) is 12.4. The van der Waals surface area contributed by atoms with Crippen LogP contribution in [-0.2, 0) is 4.79 Å². The summed E-state index contributed by atoms with van der Waals surface area (Å²) in [5.74, 6) is -0.206. The molecule has 0 aliphatic carbocycles. The van der Waals surface area contributed by atoms with Crippen LogP contribution in [0.25, 0.3) is 0 Å². The summed E-state index contributed by atoms with van der Waals surface area (Å²) in [6.07, 6.45) is 6.68. The predicted molar refractivity (Wildman–Crippen MR) is 72.6 cm³/mol. The van der Waals surface area contributed by atoms with E-state index in [2.05, 4.69) is 6.92 Å². The minimum atomic E-state index is -0.957. The number of rotatable bonds is 10. The number of hydrogen-bond donors (Lipinski definition) is 0. The van der Waals surface area contributed by atoms with Crippen molar-refractivity contribution in [3.05, 3.63) is 10.1 Å². The molecule has 0 fully saturated rings. The molecule has 0 aliphatic heterocycles. The monoisotopic (exact) mass is 319 g/mol. The Morgan fingerprint density at radius 2 is 1.71 bits per heavy atom. The molecule has 17 heavy (non-hydrogen) atoms. The first-order valence-electron chi connectivity index (χ1n) is 6.29. The quantitative estimate of drug-likeness (QED) is 0.269. The number of hydrogen-bond acceptors (Lipinski definition) is 3. The standard InChI is InChI=1S/C12H23NO3.Sr.2H/c1-3-5-6-7-8-10-11(13(15)16)12(14)9-4-2;;;/h11H,3-10H2,1-2H3;;;. The summed E-state index contributed by atoms with van der Waals surface area (Å²) in [6, 6.07) is -0.957. The summed E-state index contributed by atoms with van der Waals surface area (Å²) in [6.45, 7) is 4.00. The molecule has 0 aromatic carbocycles. The summed E-state index contributed by atoms with van der Waals surface area (Å²) in [4.78, 5) is 21.8. The van der Waals surface area contributed by atoms with E-state index in [1.54, 1.807) is 0 Å². The normalized spacial score (nSPS) is 11.6. The molecular formula is C12H25NO3Sr. The predicted octanol–water partition coefficient (Wildman–Crippen LogP) is 2.45. The van der Waals surface area contributed by atoms with E-state index in [0.29, 0.717) is 19.3 Å². The fourth-order valence-electron chi connectivity index (χ4n) is 1.74. The van der Waals surface area contributed by atoms with Gasteiger partial charge in [0.25, 0.3) is 6.04 Å². The molecule has 0 saturated heterocycles. The van der Waals surface area contributed by atoms with Crippen molar-refractivity contribution in [2.24, 2.45) is 0 Å². The fraction of sp³-hybridized carbons (Fsp3) is 0.917. The fourth-order valence-corrected chi connectivity index (χ4v) is 1.74. The zero-order valence-corrected chi connectivity index (χ0v) is 10.4. The third kappa shape index (κ3) is 10.2. The summed E-state index contributed by atoms with van der Waals surface area (Å²) in [5.41, 5.74) is 0. The molecule has 1 atom stereocenters. The van der Waals surface area contributed by atoms with E-state index >= 15 is 0 Å². The van der Waals surface area contributed by atoms with Gasteiger partial charge in [0.2, 0.25) is 5.78 Å². The van der Waals surface area contributed by atoms with Crippen LogP contribution in [0, 0.1) is 10.1 Å². The molecule has 0 aliphatic rings. The van der Waals surface area contributed by atoms with Crippen molar-refractivity contribution < 1.29 is 9.72 Å². The second-order valence-electron chi connectivity index (χ2n) is 4.22. The van der Waals surface area contributed by atoms with E-state index in [1.807, 2.05) is 6.92 Å². The van der Waals surface area contributed by atoms with Gasteiger partial charge in [-0.1, -0.05) is 39.5 Å². The molecule has 4 nitrogen and oxygen atoms in total. The molecule has 0 aromatic rings. The van der Waals surface area contributed by atoms with Gasteiger partial charge in [0.15, 0.2) is 0 Å². The molecular weight excluding hydrogens is 294 g/mol. The molecule has 0 amide bonds. The third-order valence-electron chi connectivity index (χ3n) is 2.70. The molecule has 0 spiro atoms. The maximum absolute atomic E-state index is 11.5. The van der Waals surface area contributed by atoms with Gasteiger partial charge >= 0.3 is 45.5 Å². The first-order valence-corrected chi connectivity index (χ1v) is 6.29. The Bertz CT molecular complexity index is 222. The molecule has 0 radical (unpaired) electrons. The van der Waals surface area contributed by atoms with Gasteiger partial charge in [0.1, 0.15) is 0 Å². The van der Waals surface area contributed by atoms with Crippen molar-refractivity contribution in [3.63, 3.8) is 0 Å². The number of carbonyl (C=O) groups excluding carboxylic acids is 1. The van der Waals surface area contributed by atoms with Gasteiger partial charge in [0.05, 0.1) is 0 Å². The molecule has 0 rings (SSSR count). The summed E-state index contributed by atoms with van der Waals surface area (Å²) in [5, 5.41) is 10.7. The van der Waals surface area contributed by atoms with Crippen LogP contribution in [0.4, 0.5) is 0 Å². The van der Waals surface area contributed by atoms with E-state index < -0.39 is 11.0 Å². The second-order valence-corrected chi connectivity index (χ2v) is 4.22. The molecule has 98 valence electrons. The van der Waals surface area contributed by atoms with E-state index in [0.717, 1.165) is 25.7 Å². The average molecular weight is 319 g/mol. The molecule has 5 heteroatoms. The van der Waals surface area contributed by atoms with E-state index in [4.69, 9.17) is 0 Å². The van der Waals surface area contributed by atoms with E-state index in [-0.39, 0.29) is 51.3 Å². The van der Waals surface area contributed by atoms with Crippen LogP contribution < -0.4 is 0 Å². The second kappa shape index (κ2) is 13.0. The number of ketones is 1. The molecule has 0 bridgehead atoms. The topological polar surface area (TPSA) is 60.2 Å². The summed E-state index contributed by atoms with van der Waals surface area (Å²) in [7, 11) is 0. The van der Waals surface area contributed by atoms with Crippen molar-refractivity contribution in [1.82, 2.24) is 0 Å². The van der Waals surface area contributed by atoms with Crippen LogP contribution in [0.5, 0.6) is 0 Å². The Labute approximate surface area is 141 Å². The van der Waals surface area contributed by atoms with Crippen molar-refractivity contribution in [1.29, 1.82) is 0 Å². The molecule has 0 aromatic heterocycles. The SMILES string of the molecule is CCCCCCCC(C(=O)CCC)[N+](=O)[O-].[SrH2]. The zero-order valence-electron chi connectivity index (χ0n) is 10.4. The van der Waals surface area contributed by atoms with Gasteiger partial charge in [-0.15, -0.1) is 0 Å². The van der Waals surface area contributed by atoms with Crippen molar-refractivity contribution in [2.45, 2.75) is 71.3 Å². The maximum atomic E-state index is 11.5. The number of Topliss-reactive ketones (excluding diaryl/α,β-unsaturated/α-hetero) is 1. The Morgan fingerprint density at radius 1 is 1.12 bits per heavy atom. The van der Waals surface area contributed by atoms with Crippen LogP contribution in [0.1, 0.15) is 65.2 Å². The van der Waals surface area contributed by atoms with Gasteiger partial charge < -0.3 is 0 Å². The minimum absolute atomic E-state index is 0. The van der Waals surface area contributed by atoms with Crippen LogP contribution in [0.3, 0.4) is 0 Å². The number of nitrogens with zero attached hydrogens (tertiary/aromatic N) is 1. The van der Waals surface area contributed by atoms with Crippen molar-refractivity contribution in [3.8, 4) is 0 Å². The third-order valence-corrected chi connectivity index (χ3v) is 2.70. The average Bonchev–Trinajstić information content (AvgIpc) is 2.23. The van der Waals surface area contributed by atoms with Crippen LogP contribution in [-0.4, -0.2) is 62.2 Å². The molecule has 0 N–H and O–H groups in total. The summed E-state index contributed by atoms with van der Waals surface area (Å²) < 4.78 is 0. The Kier molecular flexibility index (Phi) is 15.2. The van der Waals surface area contributed by atoms with Gasteiger partial charge in [0, 0.05) is 17.8 Å². The summed E-state index contributed by atoms with van der Waals surface area (Å²) >= 11 is 0. The Balaban J connectivity index is 0. The Morgan fingerprint density at radius 3 is 2.18 bits per heavy atom. The molecule has 1 unspecified atom stereocenters. The van der Waals surface area contributed by atoms with Gasteiger partial charge in [-0.2, -0.15) is 0 Å². The number of nitro groups is 1. The van der Waals surface area contributed by atoms with Gasteiger partial charge in [-0.25, -0.2) is 0 Å². The van der Waals surface area contributed by atoms with E-state index in [9.17, 15) is 14.9 Å². The first-order chi connectivity index (χ1) is 7.63. The van der Waals surface area contributed by atoms with E-state index in [1.165, 1.54) is 6.42 Å². The van der Waals surface area contributed by atoms with Crippen molar-refractivity contribution >= 4 is 51.3 Å². The number of unbranched alkanes of at least 4 members (excludes halogenated alkanes) is 4. The Hall–Kier alpha value is 0.551.